The van der Waals surface area contributed by atoms with Gasteiger partial charge >= 0.3 is 0 Å². The van der Waals surface area contributed by atoms with Gasteiger partial charge in [0.25, 0.3) is 0 Å². The molecule has 0 saturated heterocycles. The number of ether oxygens (including phenoxy) is 1. The molecule has 7 heteroatoms. The van der Waals surface area contributed by atoms with Crippen LogP contribution in [0.25, 0.3) is 0 Å². The summed E-state index contributed by atoms with van der Waals surface area (Å²) < 4.78 is 5.90. The van der Waals surface area contributed by atoms with E-state index in [-0.39, 0.29) is 24.7 Å². The summed E-state index contributed by atoms with van der Waals surface area (Å²) in [5.41, 5.74) is 3.87. The maximum atomic E-state index is 11.9. The van der Waals surface area contributed by atoms with E-state index in [1.807, 2.05) is 36.4 Å². The van der Waals surface area contributed by atoms with Crippen molar-refractivity contribution < 1.29 is 14.3 Å². The molecule has 0 fully saturated rings. The lowest BCUT2D eigenvalue weighted by molar-refractivity contribution is -0.124. The van der Waals surface area contributed by atoms with E-state index in [9.17, 15) is 9.59 Å². The minimum atomic E-state index is -0.332. The second kappa shape index (κ2) is 9.58. The fourth-order valence-corrected chi connectivity index (χ4v) is 2.34. The minimum absolute atomic E-state index is 0.0474. The van der Waals surface area contributed by atoms with Crippen LogP contribution in [-0.4, -0.2) is 25.1 Å². The Morgan fingerprint density at radius 3 is 2.64 bits per heavy atom. The number of hydrogen-bond donors (Lipinski definition) is 2. The van der Waals surface area contributed by atoms with Crippen molar-refractivity contribution in [3.63, 3.8) is 0 Å². The second-order valence-corrected chi connectivity index (χ2v) is 5.95. The Bertz CT molecular complexity index is 778. The lowest BCUT2D eigenvalue weighted by Crippen LogP contribution is -2.20. The fourth-order valence-electron chi connectivity index (χ4n) is 1.96. The van der Waals surface area contributed by atoms with Gasteiger partial charge in [0.2, 0.25) is 11.8 Å². The van der Waals surface area contributed by atoms with Gasteiger partial charge < -0.3 is 10.1 Å². The molecule has 2 rings (SSSR count). The van der Waals surface area contributed by atoms with Gasteiger partial charge in [-0.05, 0) is 45.8 Å². The molecule has 0 bridgehead atoms. The zero-order valence-electron chi connectivity index (χ0n) is 13.7. The molecule has 130 valence electrons. The van der Waals surface area contributed by atoms with Crippen molar-refractivity contribution in [2.24, 2.45) is 5.10 Å². The van der Waals surface area contributed by atoms with Crippen LogP contribution in [0.3, 0.4) is 0 Å². The first-order valence-corrected chi connectivity index (χ1v) is 8.38. The van der Waals surface area contributed by atoms with Crippen LogP contribution in [0.1, 0.15) is 18.4 Å². The predicted molar refractivity (Wildman–Crippen MR) is 101 cm³/mol. The molecule has 0 atom stereocenters. The number of para-hydroxylation sites is 1. The molecular formula is C18H18BrN3O3. The normalized spacial score (nSPS) is 10.5. The number of carbonyl (C=O) groups excluding carboxylic acids is 2. The number of methoxy groups -OCH3 is 1. The average molecular weight is 404 g/mol. The van der Waals surface area contributed by atoms with Gasteiger partial charge in [-0.1, -0.05) is 24.3 Å². The lowest BCUT2D eigenvalue weighted by Gasteiger charge is -2.06. The fraction of sp³-hybridized carbons (Fsp3) is 0.167. The first-order valence-electron chi connectivity index (χ1n) is 7.59. The summed E-state index contributed by atoms with van der Waals surface area (Å²) in [7, 11) is 1.58. The number of benzene rings is 2. The van der Waals surface area contributed by atoms with Crippen molar-refractivity contribution in [2.45, 2.75) is 12.8 Å². The van der Waals surface area contributed by atoms with Crippen LogP contribution in [-0.2, 0) is 9.59 Å². The molecule has 6 nitrogen and oxygen atoms in total. The van der Waals surface area contributed by atoms with Crippen LogP contribution in [0.4, 0.5) is 5.69 Å². The molecule has 0 aliphatic heterocycles. The van der Waals surface area contributed by atoms with Gasteiger partial charge in [-0.15, -0.1) is 0 Å². The van der Waals surface area contributed by atoms with Gasteiger partial charge in [-0.2, -0.15) is 5.10 Å². The summed E-state index contributed by atoms with van der Waals surface area (Å²) in [6, 6.07) is 14.6. The smallest absolute Gasteiger partial charge is 0.240 e. The highest BCUT2D eigenvalue weighted by Gasteiger charge is 2.08. The number of halogens is 1. The number of hydrazone groups is 1. The van der Waals surface area contributed by atoms with E-state index in [2.05, 4.69) is 31.8 Å². The van der Waals surface area contributed by atoms with E-state index in [0.29, 0.717) is 11.4 Å². The van der Waals surface area contributed by atoms with Crippen molar-refractivity contribution in [3.05, 3.63) is 58.6 Å². The molecule has 2 aromatic rings. The number of nitrogens with zero attached hydrogens (tertiary/aromatic N) is 1. The summed E-state index contributed by atoms with van der Waals surface area (Å²) >= 11 is 3.35. The molecule has 2 N–H and O–H groups in total. The third kappa shape index (κ3) is 6.39. The maximum absolute atomic E-state index is 11.9. The Hall–Kier alpha value is -2.67. The van der Waals surface area contributed by atoms with E-state index in [1.165, 1.54) is 6.21 Å². The van der Waals surface area contributed by atoms with Gasteiger partial charge in [-0.25, -0.2) is 5.43 Å². The van der Waals surface area contributed by atoms with E-state index >= 15 is 0 Å². The third-order valence-corrected chi connectivity index (χ3v) is 3.92. The molecule has 0 aromatic heterocycles. The lowest BCUT2D eigenvalue weighted by atomic mass is 10.2. The number of anilines is 1. The van der Waals surface area contributed by atoms with E-state index < -0.39 is 0 Å². The summed E-state index contributed by atoms with van der Waals surface area (Å²) in [6.07, 6.45) is 1.63. The predicted octanol–water partition coefficient (Wildman–Crippen LogP) is 3.33. The van der Waals surface area contributed by atoms with Gasteiger partial charge in [0, 0.05) is 17.3 Å². The molecule has 25 heavy (non-hydrogen) atoms. The molecule has 0 heterocycles. The van der Waals surface area contributed by atoms with Crippen molar-refractivity contribution in [2.75, 3.05) is 12.4 Å². The summed E-state index contributed by atoms with van der Waals surface area (Å²) in [5.74, 6) is 0.138. The monoisotopic (exact) mass is 403 g/mol. The van der Waals surface area contributed by atoms with Crippen molar-refractivity contribution >= 4 is 39.6 Å². The summed E-state index contributed by atoms with van der Waals surface area (Å²) in [5, 5.41) is 6.62. The molecule has 0 radical (unpaired) electrons. The van der Waals surface area contributed by atoms with Crippen LogP contribution in [0, 0.1) is 0 Å². The quantitative estimate of drug-likeness (QED) is 0.549. The highest BCUT2D eigenvalue weighted by Crippen LogP contribution is 2.21. The number of amides is 2. The van der Waals surface area contributed by atoms with Gasteiger partial charge in [0.15, 0.2) is 0 Å². The SMILES string of the molecule is COc1cccc(/C=N\NC(=O)CCC(=O)Nc2ccccc2Br)c1. The molecule has 0 aliphatic rings. The van der Waals surface area contributed by atoms with Gasteiger partial charge in [0.1, 0.15) is 5.75 Å². The highest BCUT2D eigenvalue weighted by molar-refractivity contribution is 9.10. The zero-order valence-corrected chi connectivity index (χ0v) is 15.2. The molecule has 0 spiro atoms. The van der Waals surface area contributed by atoms with Gasteiger partial charge in [0.05, 0.1) is 19.0 Å². The van der Waals surface area contributed by atoms with Crippen LogP contribution >= 0.6 is 15.9 Å². The molecule has 2 aromatic carbocycles. The molecule has 0 saturated carbocycles. The second-order valence-electron chi connectivity index (χ2n) is 5.10. The zero-order chi connectivity index (χ0) is 18.1. The molecule has 2 amide bonds. The number of carbonyl (C=O) groups is 2. The van der Waals surface area contributed by atoms with Crippen molar-refractivity contribution in [3.8, 4) is 5.75 Å². The van der Waals surface area contributed by atoms with Gasteiger partial charge in [-0.3, -0.25) is 9.59 Å². The van der Waals surface area contributed by atoms with Crippen LogP contribution in [0.15, 0.2) is 58.1 Å². The van der Waals surface area contributed by atoms with Crippen LogP contribution < -0.4 is 15.5 Å². The van der Waals surface area contributed by atoms with Crippen molar-refractivity contribution in [1.82, 2.24) is 5.43 Å². The topological polar surface area (TPSA) is 79.8 Å². The Labute approximate surface area is 154 Å². The average Bonchev–Trinajstić information content (AvgIpc) is 2.62. The van der Waals surface area contributed by atoms with Crippen molar-refractivity contribution in [1.29, 1.82) is 0 Å². The molecule has 0 aliphatic carbocycles. The molecular weight excluding hydrogens is 386 g/mol. The summed E-state index contributed by atoms with van der Waals surface area (Å²) in [6.45, 7) is 0. The number of rotatable bonds is 7. The van der Waals surface area contributed by atoms with E-state index in [4.69, 9.17) is 4.74 Å². The van der Waals surface area contributed by atoms with Crippen LogP contribution in [0.2, 0.25) is 0 Å². The van der Waals surface area contributed by atoms with E-state index in [1.54, 1.807) is 19.2 Å². The highest BCUT2D eigenvalue weighted by atomic mass is 79.9. The summed E-state index contributed by atoms with van der Waals surface area (Å²) in [4.78, 5) is 23.6. The van der Waals surface area contributed by atoms with E-state index in [0.717, 1.165) is 10.0 Å². The largest absolute Gasteiger partial charge is 0.497 e. The Kier molecular flexibility index (Phi) is 7.16. The number of nitrogens with one attached hydrogen (secondary N) is 2. The third-order valence-electron chi connectivity index (χ3n) is 3.22. The Morgan fingerprint density at radius 1 is 1.12 bits per heavy atom. The minimum Gasteiger partial charge on any atom is -0.497 e. The first-order chi connectivity index (χ1) is 12.1. The first kappa shape index (κ1) is 18.7. The molecule has 0 unspecified atom stereocenters. The van der Waals surface area contributed by atoms with Crippen LogP contribution in [0.5, 0.6) is 5.75 Å². The maximum Gasteiger partial charge on any atom is 0.240 e. The standard InChI is InChI=1S/C18H18BrN3O3/c1-25-14-6-4-5-13(11-14)12-20-22-18(24)10-9-17(23)21-16-8-3-2-7-15(16)19/h2-8,11-12H,9-10H2,1H3,(H,21,23)(H,22,24)/b20-12-. The Balaban J connectivity index is 1.75. The Morgan fingerprint density at radius 2 is 1.88 bits per heavy atom. The number of hydrogen-bond acceptors (Lipinski definition) is 4.